The smallest absolute Gasteiger partial charge is 0.475 e. The first kappa shape index (κ1) is 20.8. The predicted molar refractivity (Wildman–Crippen MR) is 93.0 cm³/mol. The zero-order valence-electron chi connectivity index (χ0n) is 15.1. The predicted octanol–water partition coefficient (Wildman–Crippen LogP) is 1.46. The Kier molecular flexibility index (Phi) is 6.08. The van der Waals surface area contributed by atoms with E-state index in [1.165, 1.54) is 12.8 Å². The van der Waals surface area contributed by atoms with Gasteiger partial charge in [-0.25, -0.2) is 4.79 Å². The van der Waals surface area contributed by atoms with E-state index in [1.54, 1.807) is 11.3 Å². The molecule has 0 radical (unpaired) electrons. The van der Waals surface area contributed by atoms with Gasteiger partial charge >= 0.3 is 12.1 Å². The number of ether oxygens (including phenoxy) is 1. The Balaban J connectivity index is 0.000000279. The Morgan fingerprint density at radius 1 is 1.32 bits per heavy atom. The van der Waals surface area contributed by atoms with Crippen molar-refractivity contribution in [2.24, 2.45) is 17.8 Å². The van der Waals surface area contributed by atoms with E-state index in [-0.39, 0.29) is 23.8 Å². The molecule has 1 amide bonds. The number of nitrogens with zero attached hydrogens (tertiary/aromatic N) is 3. The average molecular weight is 422 g/mol. The molecule has 0 unspecified atom stereocenters. The summed E-state index contributed by atoms with van der Waals surface area (Å²) in [4.78, 5) is 23.4. The highest BCUT2D eigenvalue weighted by Crippen LogP contribution is 2.37. The second-order valence-corrected chi connectivity index (χ2v) is 8.30. The Bertz CT molecular complexity index is 725. The summed E-state index contributed by atoms with van der Waals surface area (Å²) >= 11 is 1.60. The van der Waals surface area contributed by atoms with Gasteiger partial charge in [0.05, 0.1) is 18.6 Å². The molecule has 0 spiro atoms. The van der Waals surface area contributed by atoms with E-state index in [0.29, 0.717) is 6.61 Å². The molecule has 156 valence electrons. The quantitative estimate of drug-likeness (QED) is 0.757. The number of alkyl halides is 3. The van der Waals surface area contributed by atoms with E-state index >= 15 is 0 Å². The summed E-state index contributed by atoms with van der Waals surface area (Å²) in [5.41, 5.74) is 0. The maximum absolute atomic E-state index is 12.3. The number of carboxylic acids is 1. The summed E-state index contributed by atoms with van der Waals surface area (Å²) in [6.45, 7) is 5.04. The van der Waals surface area contributed by atoms with Crippen LogP contribution in [0.2, 0.25) is 0 Å². The third-order valence-electron chi connectivity index (χ3n) is 4.94. The second kappa shape index (κ2) is 8.19. The number of hydrogen-bond donors (Lipinski definition) is 2. The number of carboxylic acid groups (broad SMARTS) is 1. The summed E-state index contributed by atoms with van der Waals surface area (Å²) in [6, 6.07) is 0. The lowest BCUT2D eigenvalue weighted by molar-refractivity contribution is -0.192. The first-order valence-corrected chi connectivity index (χ1v) is 9.71. The molecule has 4 rings (SSSR count). The number of aliphatic carboxylic acids is 1. The van der Waals surface area contributed by atoms with Gasteiger partial charge in [-0.1, -0.05) is 11.3 Å². The third-order valence-corrected chi connectivity index (χ3v) is 5.84. The van der Waals surface area contributed by atoms with Gasteiger partial charge in [0, 0.05) is 25.6 Å². The zero-order valence-corrected chi connectivity index (χ0v) is 15.9. The first-order chi connectivity index (χ1) is 13.1. The minimum atomic E-state index is -5.08. The number of anilines is 1. The molecule has 8 nitrogen and oxygen atoms in total. The van der Waals surface area contributed by atoms with Crippen molar-refractivity contribution in [2.45, 2.75) is 32.0 Å². The number of fused-ring (bicyclic) bond motifs is 1. The van der Waals surface area contributed by atoms with Gasteiger partial charge in [0.15, 0.2) is 0 Å². The second-order valence-electron chi connectivity index (χ2n) is 7.14. The number of carbonyl (C=O) groups is 2. The van der Waals surface area contributed by atoms with Crippen LogP contribution in [-0.2, 0) is 14.3 Å². The molecule has 0 aromatic carbocycles. The van der Waals surface area contributed by atoms with Crippen LogP contribution < -0.4 is 10.2 Å². The fraction of sp³-hybridized carbons (Fsp3) is 0.750. The summed E-state index contributed by atoms with van der Waals surface area (Å²) in [6.07, 6.45) is -2.40. The Morgan fingerprint density at radius 2 is 2.00 bits per heavy atom. The minimum Gasteiger partial charge on any atom is -0.475 e. The molecule has 1 aliphatic carbocycles. The van der Waals surface area contributed by atoms with Crippen LogP contribution in [0.3, 0.4) is 0 Å². The molecule has 3 fully saturated rings. The molecule has 1 aromatic heterocycles. The van der Waals surface area contributed by atoms with Crippen molar-refractivity contribution in [3.8, 4) is 0 Å². The normalized spacial score (nSPS) is 26.4. The fourth-order valence-corrected chi connectivity index (χ4v) is 3.96. The Hall–Kier alpha value is -1.95. The summed E-state index contributed by atoms with van der Waals surface area (Å²) in [7, 11) is 0. The lowest BCUT2D eigenvalue weighted by Gasteiger charge is -2.18. The monoisotopic (exact) mass is 422 g/mol. The van der Waals surface area contributed by atoms with E-state index in [9.17, 15) is 18.0 Å². The molecular weight excluding hydrogens is 401 g/mol. The molecule has 3 heterocycles. The maximum Gasteiger partial charge on any atom is 0.490 e. The largest absolute Gasteiger partial charge is 0.490 e. The Labute approximate surface area is 163 Å². The molecule has 2 aliphatic heterocycles. The van der Waals surface area contributed by atoms with Crippen molar-refractivity contribution >= 4 is 28.3 Å². The molecule has 2 N–H and O–H groups in total. The van der Waals surface area contributed by atoms with Crippen molar-refractivity contribution in [3.63, 3.8) is 0 Å². The number of nitrogens with one attached hydrogen (secondary N) is 1. The molecular formula is C16H21F3N4O4S. The van der Waals surface area contributed by atoms with E-state index in [2.05, 4.69) is 20.4 Å². The van der Waals surface area contributed by atoms with Gasteiger partial charge in [-0.3, -0.25) is 4.79 Å². The van der Waals surface area contributed by atoms with Gasteiger partial charge in [0.25, 0.3) is 0 Å². The molecule has 28 heavy (non-hydrogen) atoms. The molecule has 1 saturated carbocycles. The van der Waals surface area contributed by atoms with Crippen LogP contribution >= 0.6 is 11.3 Å². The number of amides is 1. The van der Waals surface area contributed by atoms with Crippen molar-refractivity contribution in [1.82, 2.24) is 15.5 Å². The van der Waals surface area contributed by atoms with Crippen LogP contribution in [0, 0.1) is 24.7 Å². The highest BCUT2D eigenvalue weighted by atomic mass is 32.1. The zero-order chi connectivity index (χ0) is 20.5. The van der Waals surface area contributed by atoms with E-state index in [1.807, 2.05) is 6.92 Å². The summed E-state index contributed by atoms with van der Waals surface area (Å²) < 4.78 is 37.6. The molecule has 1 aromatic rings. The van der Waals surface area contributed by atoms with Gasteiger partial charge < -0.3 is 20.1 Å². The molecule has 12 heteroatoms. The van der Waals surface area contributed by atoms with Gasteiger partial charge in [0.2, 0.25) is 11.0 Å². The SMILES string of the molecule is Cc1nnc(N2C[C@@H]3[C@@H](C(=O)NCC4CC4)CO[C@@H]3C2)s1.O=C(O)C(F)(F)F. The van der Waals surface area contributed by atoms with Crippen molar-refractivity contribution in [2.75, 3.05) is 31.1 Å². The van der Waals surface area contributed by atoms with Crippen LogP contribution in [0.15, 0.2) is 0 Å². The highest BCUT2D eigenvalue weighted by Gasteiger charge is 2.47. The maximum atomic E-state index is 12.3. The molecule has 2 saturated heterocycles. The van der Waals surface area contributed by atoms with E-state index in [4.69, 9.17) is 14.6 Å². The number of aryl methyl sites for hydroxylation is 1. The molecule has 3 aliphatic rings. The number of halogens is 3. The van der Waals surface area contributed by atoms with Crippen LogP contribution in [0.4, 0.5) is 18.3 Å². The van der Waals surface area contributed by atoms with Crippen LogP contribution in [0.5, 0.6) is 0 Å². The number of hydrogen-bond acceptors (Lipinski definition) is 7. The van der Waals surface area contributed by atoms with Crippen LogP contribution in [0.25, 0.3) is 0 Å². The molecule has 0 bridgehead atoms. The van der Waals surface area contributed by atoms with Crippen molar-refractivity contribution < 1.29 is 32.6 Å². The van der Waals surface area contributed by atoms with Crippen molar-refractivity contribution in [3.05, 3.63) is 5.01 Å². The average Bonchev–Trinajstić information content (AvgIpc) is 2.99. The standard InChI is InChI=1S/C14H20N4O2S.C2HF3O2/c1-8-16-17-14(21-8)18-5-10-11(7-20-12(10)6-18)13(19)15-4-9-2-3-9;3-2(4,5)1(6)7/h9-12H,2-7H2,1H3,(H,15,19);(H,6,7)/t10-,11+,12-;/m1./s1. The number of carbonyl (C=O) groups excluding carboxylic acids is 1. The minimum absolute atomic E-state index is 0.00670. The van der Waals surface area contributed by atoms with E-state index < -0.39 is 12.1 Å². The third kappa shape index (κ3) is 5.10. The van der Waals surface area contributed by atoms with Gasteiger partial charge in [-0.05, 0) is 25.7 Å². The summed E-state index contributed by atoms with van der Waals surface area (Å²) in [5.74, 6) is -1.59. The number of rotatable bonds is 4. The van der Waals surface area contributed by atoms with Gasteiger partial charge in [-0.2, -0.15) is 13.2 Å². The summed E-state index contributed by atoms with van der Waals surface area (Å²) in [5, 5.41) is 20.4. The molecule has 3 atom stereocenters. The van der Waals surface area contributed by atoms with Crippen LogP contribution in [-0.4, -0.2) is 65.7 Å². The lowest BCUT2D eigenvalue weighted by atomic mass is 9.92. The first-order valence-electron chi connectivity index (χ1n) is 8.89. The number of aromatic nitrogens is 2. The van der Waals surface area contributed by atoms with E-state index in [0.717, 1.165) is 35.7 Å². The van der Waals surface area contributed by atoms with Crippen LogP contribution in [0.1, 0.15) is 17.8 Å². The van der Waals surface area contributed by atoms with Gasteiger partial charge in [0.1, 0.15) is 5.01 Å². The fourth-order valence-electron chi connectivity index (χ4n) is 3.25. The van der Waals surface area contributed by atoms with Crippen molar-refractivity contribution in [1.29, 1.82) is 0 Å². The lowest BCUT2D eigenvalue weighted by Crippen LogP contribution is -2.37. The highest BCUT2D eigenvalue weighted by molar-refractivity contribution is 7.15. The Morgan fingerprint density at radius 3 is 2.54 bits per heavy atom. The topological polar surface area (TPSA) is 105 Å². The van der Waals surface area contributed by atoms with Gasteiger partial charge in [-0.15, -0.1) is 10.2 Å².